The maximum absolute atomic E-state index is 12.5. The highest BCUT2D eigenvalue weighted by Crippen LogP contribution is 2.22. The average molecular weight is 358 g/mol. The Bertz CT molecular complexity index is 599. The quantitative estimate of drug-likeness (QED) is 0.366. The minimum Gasteiger partial charge on any atom is -0.464 e. The second-order valence-electron chi connectivity index (χ2n) is 7.26. The molecule has 1 saturated heterocycles. The molecule has 26 heavy (non-hydrogen) atoms. The molecule has 1 atom stereocenters. The van der Waals surface area contributed by atoms with Gasteiger partial charge in [-0.15, -0.1) is 0 Å². The molecule has 1 aliphatic carbocycles. The summed E-state index contributed by atoms with van der Waals surface area (Å²) >= 11 is 0. The van der Waals surface area contributed by atoms with Gasteiger partial charge in [0.1, 0.15) is 6.04 Å². The number of nitrogens with zero attached hydrogens (tertiary/aromatic N) is 3. The van der Waals surface area contributed by atoms with E-state index in [1.54, 1.807) is 6.20 Å². The Morgan fingerprint density at radius 3 is 2.88 bits per heavy atom. The lowest BCUT2D eigenvalue weighted by Crippen LogP contribution is -2.46. The van der Waals surface area contributed by atoms with Gasteiger partial charge in [0.05, 0.1) is 12.6 Å². The Kier molecular flexibility index (Phi) is 6.86. The van der Waals surface area contributed by atoms with E-state index >= 15 is 0 Å². The highest BCUT2D eigenvalue weighted by atomic mass is 16.5. The summed E-state index contributed by atoms with van der Waals surface area (Å²) in [5, 5.41) is 0. The zero-order valence-electron chi connectivity index (χ0n) is 15.5. The van der Waals surface area contributed by atoms with Crippen molar-refractivity contribution in [2.24, 2.45) is 10.7 Å². The lowest BCUT2D eigenvalue weighted by molar-refractivity contribution is -0.147. The van der Waals surface area contributed by atoms with E-state index in [-0.39, 0.29) is 12.0 Å². The lowest BCUT2D eigenvalue weighted by Gasteiger charge is -2.26. The standard InChI is InChI=1S/C20H30N4O2/c21-20(23-17-9-2-1-3-10-17)24-13-5-11-18(24)19(25)26-14-6-8-16-7-4-12-22-15-16/h4,7,12,15,17-18H,1-3,5-6,8-11,13-14H2,(H2,21,23). The van der Waals surface area contributed by atoms with E-state index in [2.05, 4.69) is 4.98 Å². The van der Waals surface area contributed by atoms with Crippen molar-refractivity contribution in [1.82, 2.24) is 9.88 Å². The number of rotatable bonds is 6. The average Bonchev–Trinajstić information content (AvgIpc) is 3.17. The number of aryl methyl sites for hydroxylation is 1. The predicted octanol–water partition coefficient (Wildman–Crippen LogP) is 2.67. The van der Waals surface area contributed by atoms with Crippen molar-refractivity contribution in [3.63, 3.8) is 0 Å². The molecular formula is C20H30N4O2. The third-order valence-corrected chi connectivity index (χ3v) is 5.29. The first-order chi connectivity index (χ1) is 12.7. The fraction of sp³-hybridized carbons (Fsp3) is 0.650. The summed E-state index contributed by atoms with van der Waals surface area (Å²) in [5.41, 5.74) is 7.39. The van der Waals surface area contributed by atoms with Crippen LogP contribution in [0, 0.1) is 0 Å². The van der Waals surface area contributed by atoms with E-state index in [0.717, 1.165) is 50.6 Å². The molecule has 142 valence electrons. The number of guanidine groups is 1. The van der Waals surface area contributed by atoms with Crippen LogP contribution in [0.15, 0.2) is 29.5 Å². The van der Waals surface area contributed by atoms with Crippen LogP contribution < -0.4 is 5.73 Å². The molecule has 1 unspecified atom stereocenters. The van der Waals surface area contributed by atoms with Gasteiger partial charge in [0.25, 0.3) is 0 Å². The first-order valence-corrected chi connectivity index (χ1v) is 9.89. The van der Waals surface area contributed by atoms with Crippen LogP contribution in [0.1, 0.15) is 56.9 Å². The number of likely N-dealkylation sites (tertiary alicyclic amines) is 1. The van der Waals surface area contributed by atoms with Gasteiger partial charge in [-0.2, -0.15) is 0 Å². The molecule has 2 N–H and O–H groups in total. The minimum absolute atomic E-state index is 0.171. The van der Waals surface area contributed by atoms with Gasteiger partial charge in [-0.1, -0.05) is 25.3 Å². The molecule has 6 nitrogen and oxygen atoms in total. The molecule has 0 bridgehead atoms. The van der Waals surface area contributed by atoms with E-state index in [0.29, 0.717) is 18.6 Å². The molecule has 1 aromatic rings. The number of hydrogen-bond donors (Lipinski definition) is 1. The van der Waals surface area contributed by atoms with E-state index in [1.807, 2.05) is 23.2 Å². The third-order valence-electron chi connectivity index (χ3n) is 5.29. The molecule has 2 aliphatic rings. The molecule has 0 aromatic carbocycles. The van der Waals surface area contributed by atoms with Crippen LogP contribution in [0.25, 0.3) is 0 Å². The molecule has 2 heterocycles. The van der Waals surface area contributed by atoms with Crippen molar-refractivity contribution in [3.8, 4) is 0 Å². The molecule has 3 rings (SSSR count). The topological polar surface area (TPSA) is 80.8 Å². The maximum Gasteiger partial charge on any atom is 0.328 e. The summed E-state index contributed by atoms with van der Waals surface area (Å²) in [6, 6.07) is 4.00. The van der Waals surface area contributed by atoms with Crippen molar-refractivity contribution in [2.45, 2.75) is 69.9 Å². The molecule has 1 aromatic heterocycles. The number of carbonyl (C=O) groups excluding carboxylic acids is 1. The fourth-order valence-corrected chi connectivity index (χ4v) is 3.85. The SMILES string of the molecule is NC(=NC1CCCCC1)N1CCCC1C(=O)OCCCc1cccnc1. The number of aromatic nitrogens is 1. The summed E-state index contributed by atoms with van der Waals surface area (Å²) in [5.74, 6) is 0.349. The second-order valence-corrected chi connectivity index (χ2v) is 7.26. The summed E-state index contributed by atoms with van der Waals surface area (Å²) in [7, 11) is 0. The van der Waals surface area contributed by atoms with Gasteiger partial charge in [0, 0.05) is 18.9 Å². The smallest absolute Gasteiger partial charge is 0.328 e. The van der Waals surface area contributed by atoms with Crippen LogP contribution >= 0.6 is 0 Å². The molecule has 6 heteroatoms. The largest absolute Gasteiger partial charge is 0.464 e. The van der Waals surface area contributed by atoms with Gasteiger partial charge >= 0.3 is 5.97 Å². The van der Waals surface area contributed by atoms with Gasteiger partial charge in [0.2, 0.25) is 0 Å². The van der Waals surface area contributed by atoms with E-state index in [1.165, 1.54) is 19.3 Å². The first-order valence-electron chi connectivity index (χ1n) is 9.89. The molecule has 0 amide bonds. The zero-order chi connectivity index (χ0) is 18.2. The number of hydrogen-bond acceptors (Lipinski definition) is 4. The molecule has 1 aliphatic heterocycles. The number of carbonyl (C=O) groups is 1. The van der Waals surface area contributed by atoms with Gasteiger partial charge in [-0.25, -0.2) is 9.79 Å². The summed E-state index contributed by atoms with van der Waals surface area (Å²) in [4.78, 5) is 23.2. The van der Waals surface area contributed by atoms with Crippen molar-refractivity contribution in [3.05, 3.63) is 30.1 Å². The van der Waals surface area contributed by atoms with Gasteiger partial charge in [0.15, 0.2) is 5.96 Å². The van der Waals surface area contributed by atoms with Gasteiger partial charge in [-0.3, -0.25) is 4.98 Å². The van der Waals surface area contributed by atoms with Crippen LogP contribution in [0.4, 0.5) is 0 Å². The van der Waals surface area contributed by atoms with E-state index in [9.17, 15) is 4.79 Å². The lowest BCUT2D eigenvalue weighted by atomic mass is 9.96. The zero-order valence-corrected chi connectivity index (χ0v) is 15.5. The Balaban J connectivity index is 1.45. The summed E-state index contributed by atoms with van der Waals surface area (Å²) in [6.45, 7) is 1.22. The van der Waals surface area contributed by atoms with E-state index < -0.39 is 0 Å². The highest BCUT2D eigenvalue weighted by Gasteiger charge is 2.33. The van der Waals surface area contributed by atoms with Crippen molar-refractivity contribution < 1.29 is 9.53 Å². The normalized spacial score (nSPS) is 21.8. The predicted molar refractivity (Wildman–Crippen MR) is 102 cm³/mol. The van der Waals surface area contributed by atoms with Crippen LogP contribution in [-0.2, 0) is 16.0 Å². The molecule has 1 saturated carbocycles. The molecule has 2 fully saturated rings. The van der Waals surface area contributed by atoms with Gasteiger partial charge in [-0.05, 0) is 50.2 Å². The fourth-order valence-electron chi connectivity index (χ4n) is 3.85. The maximum atomic E-state index is 12.5. The van der Waals surface area contributed by atoms with Crippen LogP contribution in [-0.4, -0.2) is 47.0 Å². The Morgan fingerprint density at radius 1 is 1.27 bits per heavy atom. The third kappa shape index (κ3) is 5.19. The number of esters is 1. The number of aliphatic imine (C=N–C) groups is 1. The molecule has 0 radical (unpaired) electrons. The van der Waals surface area contributed by atoms with E-state index in [4.69, 9.17) is 15.5 Å². The van der Waals surface area contributed by atoms with Crippen molar-refractivity contribution in [1.29, 1.82) is 0 Å². The number of pyridine rings is 1. The minimum atomic E-state index is -0.277. The monoisotopic (exact) mass is 358 g/mol. The Hall–Kier alpha value is -2.11. The second kappa shape index (κ2) is 9.55. The van der Waals surface area contributed by atoms with Crippen molar-refractivity contribution in [2.75, 3.05) is 13.2 Å². The summed E-state index contributed by atoms with van der Waals surface area (Å²) < 4.78 is 5.51. The Morgan fingerprint density at radius 2 is 2.12 bits per heavy atom. The first kappa shape index (κ1) is 18.7. The molecular weight excluding hydrogens is 328 g/mol. The summed E-state index contributed by atoms with van der Waals surface area (Å²) in [6.07, 6.45) is 13.0. The van der Waals surface area contributed by atoms with Crippen LogP contribution in [0.5, 0.6) is 0 Å². The van der Waals surface area contributed by atoms with Crippen LogP contribution in [0.2, 0.25) is 0 Å². The number of ether oxygens (including phenoxy) is 1. The van der Waals surface area contributed by atoms with Crippen molar-refractivity contribution >= 4 is 11.9 Å². The van der Waals surface area contributed by atoms with Gasteiger partial charge < -0.3 is 15.4 Å². The molecule has 0 spiro atoms. The highest BCUT2D eigenvalue weighted by molar-refractivity contribution is 5.86. The number of nitrogens with two attached hydrogens (primary N) is 1. The van der Waals surface area contributed by atoms with Crippen LogP contribution in [0.3, 0.4) is 0 Å². The Labute approximate surface area is 155 Å².